The van der Waals surface area contributed by atoms with Gasteiger partial charge in [-0.2, -0.15) is 0 Å². The standard InChI is InChI=1S/C19H23NO3/c1-22-16-9-7-14(8-10-16)11-17-19(21)18(12-20-17)23-13-15-5-3-2-4-6-15/h2-10,17-21H,11-13H2,1H3/t17-,18-,19+/m0/s1. The lowest BCUT2D eigenvalue weighted by Gasteiger charge is -2.19. The van der Waals surface area contributed by atoms with Crippen molar-refractivity contribution in [2.45, 2.75) is 31.3 Å². The number of hydrogen-bond donors (Lipinski definition) is 2. The number of hydrogen-bond acceptors (Lipinski definition) is 4. The van der Waals surface area contributed by atoms with Gasteiger partial charge in [0.25, 0.3) is 0 Å². The molecule has 122 valence electrons. The summed E-state index contributed by atoms with van der Waals surface area (Å²) in [5.41, 5.74) is 2.30. The molecule has 0 aromatic heterocycles. The summed E-state index contributed by atoms with van der Waals surface area (Å²) >= 11 is 0. The summed E-state index contributed by atoms with van der Waals surface area (Å²) in [5.74, 6) is 0.845. The first-order valence-corrected chi connectivity index (χ1v) is 7.96. The minimum atomic E-state index is -0.499. The minimum absolute atomic E-state index is 0.0177. The van der Waals surface area contributed by atoms with E-state index in [2.05, 4.69) is 5.32 Å². The van der Waals surface area contributed by atoms with Gasteiger partial charge >= 0.3 is 0 Å². The molecule has 0 saturated carbocycles. The van der Waals surface area contributed by atoms with Gasteiger partial charge in [-0.15, -0.1) is 0 Å². The summed E-state index contributed by atoms with van der Waals surface area (Å²) in [7, 11) is 1.66. The van der Waals surface area contributed by atoms with E-state index < -0.39 is 6.10 Å². The third-order valence-corrected chi connectivity index (χ3v) is 4.30. The van der Waals surface area contributed by atoms with E-state index in [1.54, 1.807) is 7.11 Å². The van der Waals surface area contributed by atoms with Crippen molar-refractivity contribution in [3.63, 3.8) is 0 Å². The first kappa shape index (κ1) is 16.0. The van der Waals surface area contributed by atoms with Crippen LogP contribution in [0.5, 0.6) is 5.75 Å². The lowest BCUT2D eigenvalue weighted by Crippen LogP contribution is -2.35. The summed E-state index contributed by atoms with van der Waals surface area (Å²) in [6, 6.07) is 18.0. The molecule has 3 atom stereocenters. The van der Waals surface area contributed by atoms with E-state index in [-0.39, 0.29) is 12.1 Å². The van der Waals surface area contributed by atoms with Crippen LogP contribution in [0.1, 0.15) is 11.1 Å². The fourth-order valence-corrected chi connectivity index (χ4v) is 2.91. The maximum Gasteiger partial charge on any atom is 0.118 e. The van der Waals surface area contributed by atoms with Crippen molar-refractivity contribution >= 4 is 0 Å². The lowest BCUT2D eigenvalue weighted by atomic mass is 10.0. The Morgan fingerprint density at radius 2 is 1.78 bits per heavy atom. The zero-order valence-corrected chi connectivity index (χ0v) is 13.3. The van der Waals surface area contributed by atoms with Crippen LogP contribution in [0.3, 0.4) is 0 Å². The van der Waals surface area contributed by atoms with Crippen molar-refractivity contribution < 1.29 is 14.6 Å². The highest BCUT2D eigenvalue weighted by Crippen LogP contribution is 2.19. The third-order valence-electron chi connectivity index (χ3n) is 4.30. The van der Waals surface area contributed by atoms with Gasteiger partial charge in [0.05, 0.1) is 25.9 Å². The van der Waals surface area contributed by atoms with Gasteiger partial charge in [-0.25, -0.2) is 0 Å². The van der Waals surface area contributed by atoms with Crippen molar-refractivity contribution in [2.24, 2.45) is 0 Å². The molecule has 23 heavy (non-hydrogen) atoms. The maximum absolute atomic E-state index is 10.5. The van der Waals surface area contributed by atoms with E-state index in [9.17, 15) is 5.11 Å². The second-order valence-electron chi connectivity index (χ2n) is 5.89. The van der Waals surface area contributed by atoms with Crippen LogP contribution in [0.15, 0.2) is 54.6 Å². The van der Waals surface area contributed by atoms with Gasteiger partial charge in [-0.05, 0) is 29.7 Å². The van der Waals surface area contributed by atoms with Crippen molar-refractivity contribution in [2.75, 3.05) is 13.7 Å². The van der Waals surface area contributed by atoms with Gasteiger partial charge in [0.2, 0.25) is 0 Å². The number of ether oxygens (including phenoxy) is 2. The van der Waals surface area contributed by atoms with E-state index in [1.807, 2.05) is 54.6 Å². The molecule has 2 aromatic rings. The second kappa shape index (κ2) is 7.59. The topological polar surface area (TPSA) is 50.7 Å². The molecule has 4 nitrogen and oxygen atoms in total. The zero-order chi connectivity index (χ0) is 16.1. The first-order chi connectivity index (χ1) is 11.3. The van der Waals surface area contributed by atoms with Crippen LogP contribution in [0, 0.1) is 0 Å². The second-order valence-corrected chi connectivity index (χ2v) is 5.89. The van der Waals surface area contributed by atoms with Gasteiger partial charge in [0, 0.05) is 12.6 Å². The number of rotatable bonds is 6. The Labute approximate surface area is 137 Å². The smallest absolute Gasteiger partial charge is 0.118 e. The average Bonchev–Trinajstić information content (AvgIpc) is 2.95. The summed E-state index contributed by atoms with van der Waals surface area (Å²) < 4.78 is 11.0. The maximum atomic E-state index is 10.5. The number of nitrogens with one attached hydrogen (secondary N) is 1. The fourth-order valence-electron chi connectivity index (χ4n) is 2.91. The molecular weight excluding hydrogens is 290 g/mol. The third kappa shape index (κ3) is 4.10. The van der Waals surface area contributed by atoms with Gasteiger partial charge in [-0.3, -0.25) is 0 Å². The molecule has 1 saturated heterocycles. The quantitative estimate of drug-likeness (QED) is 0.858. The molecular formula is C19H23NO3. The molecule has 2 aromatic carbocycles. The Hall–Kier alpha value is -1.88. The van der Waals surface area contributed by atoms with Crippen LogP contribution in [-0.2, 0) is 17.8 Å². The molecule has 0 aliphatic carbocycles. The Morgan fingerprint density at radius 3 is 2.48 bits per heavy atom. The van der Waals surface area contributed by atoms with Crippen molar-refractivity contribution in [3.05, 3.63) is 65.7 Å². The van der Waals surface area contributed by atoms with E-state index in [1.165, 1.54) is 5.56 Å². The van der Waals surface area contributed by atoms with Crippen LogP contribution in [0.25, 0.3) is 0 Å². The van der Waals surface area contributed by atoms with Gasteiger partial charge in [0.1, 0.15) is 5.75 Å². The molecule has 1 heterocycles. The fraction of sp³-hybridized carbons (Fsp3) is 0.368. The molecule has 0 amide bonds. The monoisotopic (exact) mass is 313 g/mol. The van der Waals surface area contributed by atoms with Crippen molar-refractivity contribution in [1.29, 1.82) is 0 Å². The molecule has 0 spiro atoms. The molecule has 0 unspecified atom stereocenters. The van der Waals surface area contributed by atoms with E-state index >= 15 is 0 Å². The van der Waals surface area contributed by atoms with Gasteiger partial charge < -0.3 is 19.9 Å². The van der Waals surface area contributed by atoms with E-state index in [0.717, 1.165) is 17.7 Å². The number of aliphatic hydroxyl groups is 1. The summed E-state index contributed by atoms with van der Waals surface area (Å²) in [6.45, 7) is 1.20. The van der Waals surface area contributed by atoms with Crippen LogP contribution in [-0.4, -0.2) is 37.0 Å². The van der Waals surface area contributed by atoms with Gasteiger partial charge in [0.15, 0.2) is 0 Å². The highest BCUT2D eigenvalue weighted by molar-refractivity contribution is 5.28. The largest absolute Gasteiger partial charge is 0.497 e. The van der Waals surface area contributed by atoms with Crippen molar-refractivity contribution in [3.8, 4) is 5.75 Å². The Bertz CT molecular complexity index is 600. The van der Waals surface area contributed by atoms with Crippen LogP contribution >= 0.6 is 0 Å². The number of benzene rings is 2. The molecule has 2 N–H and O–H groups in total. The molecule has 1 aliphatic heterocycles. The average molecular weight is 313 g/mol. The Balaban J connectivity index is 1.52. The van der Waals surface area contributed by atoms with Crippen LogP contribution in [0.4, 0.5) is 0 Å². The zero-order valence-electron chi connectivity index (χ0n) is 13.3. The molecule has 4 heteroatoms. The first-order valence-electron chi connectivity index (χ1n) is 7.96. The SMILES string of the molecule is COc1ccc(C[C@@H]2NC[C@H](OCc3ccccc3)[C@@H]2O)cc1. The Morgan fingerprint density at radius 1 is 1.04 bits per heavy atom. The van der Waals surface area contributed by atoms with Crippen LogP contribution in [0.2, 0.25) is 0 Å². The summed E-state index contributed by atoms with van der Waals surface area (Å²) in [5, 5.41) is 13.8. The molecule has 3 rings (SSSR count). The highest BCUT2D eigenvalue weighted by atomic mass is 16.5. The highest BCUT2D eigenvalue weighted by Gasteiger charge is 2.34. The predicted octanol–water partition coefficient (Wildman–Crippen LogP) is 2.16. The van der Waals surface area contributed by atoms with E-state index in [0.29, 0.717) is 13.2 Å². The Kier molecular flexibility index (Phi) is 5.28. The summed E-state index contributed by atoms with van der Waals surface area (Å²) in [6.07, 6.45) is 0.107. The summed E-state index contributed by atoms with van der Waals surface area (Å²) in [4.78, 5) is 0. The van der Waals surface area contributed by atoms with Crippen molar-refractivity contribution in [1.82, 2.24) is 5.32 Å². The normalized spacial score (nSPS) is 23.8. The molecule has 1 aliphatic rings. The predicted molar refractivity (Wildman–Crippen MR) is 89.5 cm³/mol. The minimum Gasteiger partial charge on any atom is -0.497 e. The molecule has 0 bridgehead atoms. The lowest BCUT2D eigenvalue weighted by molar-refractivity contribution is -0.0257. The number of aliphatic hydroxyl groups excluding tert-OH is 1. The molecule has 0 radical (unpaired) electrons. The molecule has 1 fully saturated rings. The van der Waals surface area contributed by atoms with Gasteiger partial charge in [-0.1, -0.05) is 42.5 Å². The van der Waals surface area contributed by atoms with Crippen LogP contribution < -0.4 is 10.1 Å². The number of methoxy groups -OCH3 is 1. The van der Waals surface area contributed by atoms with E-state index in [4.69, 9.17) is 9.47 Å².